The molecule has 0 spiro atoms. The number of carbonyl (C=O) groups excluding carboxylic acids is 1. The van der Waals surface area contributed by atoms with Crippen LogP contribution in [0.15, 0.2) is 28.7 Å². The summed E-state index contributed by atoms with van der Waals surface area (Å²) in [6, 6.07) is 8.11. The molecule has 3 nitrogen and oxygen atoms in total. The second kappa shape index (κ2) is 5.16. The Morgan fingerprint density at radius 2 is 2.05 bits per heavy atom. The molecule has 1 amide bonds. The summed E-state index contributed by atoms with van der Waals surface area (Å²) < 4.78 is 6.39. The van der Waals surface area contributed by atoms with Gasteiger partial charge in [-0.05, 0) is 57.7 Å². The van der Waals surface area contributed by atoms with Crippen molar-refractivity contribution in [2.45, 2.75) is 51.2 Å². The number of hydrogen-bond donors (Lipinski definition) is 1. The quantitative estimate of drug-likeness (QED) is 0.877. The third kappa shape index (κ3) is 3.50. The Bertz CT molecular complexity index is 475. The molecule has 1 saturated carbocycles. The van der Waals surface area contributed by atoms with E-state index < -0.39 is 5.60 Å². The highest BCUT2D eigenvalue weighted by atomic mass is 79.9. The second-order valence-electron chi connectivity index (χ2n) is 6.07. The highest BCUT2D eigenvalue weighted by molar-refractivity contribution is 9.10. The first-order valence-corrected chi connectivity index (χ1v) is 7.37. The van der Waals surface area contributed by atoms with Crippen LogP contribution in [0.2, 0.25) is 0 Å². The SMILES string of the molecule is CC(C)(C)OC(=O)NC1(c2cccc(Br)c2)CCC1. The monoisotopic (exact) mass is 325 g/mol. The van der Waals surface area contributed by atoms with Crippen molar-refractivity contribution in [2.75, 3.05) is 0 Å². The zero-order valence-electron chi connectivity index (χ0n) is 11.6. The summed E-state index contributed by atoms with van der Waals surface area (Å²) in [5, 5.41) is 3.05. The number of nitrogens with one attached hydrogen (secondary N) is 1. The number of ether oxygens (including phenoxy) is 1. The summed E-state index contributed by atoms with van der Waals surface area (Å²) in [6.45, 7) is 5.62. The van der Waals surface area contributed by atoms with Crippen LogP contribution >= 0.6 is 15.9 Å². The van der Waals surface area contributed by atoms with Crippen molar-refractivity contribution >= 4 is 22.0 Å². The van der Waals surface area contributed by atoms with E-state index in [-0.39, 0.29) is 11.6 Å². The molecule has 0 aromatic heterocycles. The summed E-state index contributed by atoms with van der Waals surface area (Å²) in [7, 11) is 0. The molecule has 1 aromatic carbocycles. The van der Waals surface area contributed by atoms with E-state index in [1.54, 1.807) is 0 Å². The Labute approximate surface area is 122 Å². The Kier molecular flexibility index (Phi) is 3.90. The van der Waals surface area contributed by atoms with Crippen molar-refractivity contribution in [1.29, 1.82) is 0 Å². The van der Waals surface area contributed by atoms with Gasteiger partial charge in [-0.15, -0.1) is 0 Å². The molecule has 1 N–H and O–H groups in total. The zero-order valence-corrected chi connectivity index (χ0v) is 13.2. The van der Waals surface area contributed by atoms with Crippen LogP contribution in [0.25, 0.3) is 0 Å². The molecule has 104 valence electrons. The molecule has 1 aromatic rings. The summed E-state index contributed by atoms with van der Waals surface area (Å²) >= 11 is 3.48. The van der Waals surface area contributed by atoms with E-state index in [0.29, 0.717) is 0 Å². The van der Waals surface area contributed by atoms with Gasteiger partial charge in [-0.3, -0.25) is 0 Å². The lowest BCUT2D eigenvalue weighted by atomic mass is 9.72. The van der Waals surface area contributed by atoms with Crippen LogP contribution in [-0.2, 0) is 10.3 Å². The maximum atomic E-state index is 12.0. The minimum Gasteiger partial charge on any atom is -0.444 e. The van der Waals surface area contributed by atoms with E-state index in [0.717, 1.165) is 29.3 Å². The van der Waals surface area contributed by atoms with Crippen molar-refractivity contribution in [3.05, 3.63) is 34.3 Å². The largest absolute Gasteiger partial charge is 0.444 e. The number of benzene rings is 1. The smallest absolute Gasteiger partial charge is 0.408 e. The summed E-state index contributed by atoms with van der Waals surface area (Å²) in [5.41, 5.74) is 0.414. The molecule has 0 radical (unpaired) electrons. The van der Waals surface area contributed by atoms with E-state index in [9.17, 15) is 4.79 Å². The van der Waals surface area contributed by atoms with Gasteiger partial charge in [0.15, 0.2) is 0 Å². The molecule has 0 unspecified atom stereocenters. The van der Waals surface area contributed by atoms with E-state index in [1.807, 2.05) is 32.9 Å². The maximum Gasteiger partial charge on any atom is 0.408 e. The van der Waals surface area contributed by atoms with Crippen molar-refractivity contribution in [2.24, 2.45) is 0 Å². The number of hydrogen-bond acceptors (Lipinski definition) is 2. The molecule has 4 heteroatoms. The average molecular weight is 326 g/mol. The van der Waals surface area contributed by atoms with E-state index in [1.165, 1.54) is 0 Å². The first-order valence-electron chi connectivity index (χ1n) is 6.58. The Hall–Kier alpha value is -1.03. The molecular weight excluding hydrogens is 306 g/mol. The molecule has 0 atom stereocenters. The molecule has 1 aliphatic rings. The molecular formula is C15H20BrNO2. The van der Waals surface area contributed by atoms with Crippen LogP contribution in [0.4, 0.5) is 4.79 Å². The predicted octanol–water partition coefficient (Wildman–Crippen LogP) is 4.35. The lowest BCUT2D eigenvalue weighted by Gasteiger charge is -2.43. The van der Waals surface area contributed by atoms with Crippen LogP contribution in [0.3, 0.4) is 0 Å². The number of carbonyl (C=O) groups is 1. The lowest BCUT2D eigenvalue weighted by Crippen LogP contribution is -2.52. The average Bonchev–Trinajstić information content (AvgIpc) is 2.21. The number of amides is 1. The topological polar surface area (TPSA) is 38.3 Å². The Morgan fingerprint density at radius 3 is 2.53 bits per heavy atom. The van der Waals surface area contributed by atoms with E-state index in [2.05, 4.69) is 33.4 Å². The minimum atomic E-state index is -0.466. The van der Waals surface area contributed by atoms with Crippen LogP contribution in [0, 0.1) is 0 Å². The molecule has 1 fully saturated rings. The summed E-state index contributed by atoms with van der Waals surface area (Å²) in [6.07, 6.45) is 2.71. The van der Waals surface area contributed by atoms with Gasteiger partial charge in [-0.2, -0.15) is 0 Å². The lowest BCUT2D eigenvalue weighted by molar-refractivity contribution is 0.0377. The second-order valence-corrected chi connectivity index (χ2v) is 6.99. The van der Waals surface area contributed by atoms with Gasteiger partial charge in [0.25, 0.3) is 0 Å². The van der Waals surface area contributed by atoms with Gasteiger partial charge in [-0.1, -0.05) is 28.1 Å². The van der Waals surface area contributed by atoms with Gasteiger partial charge in [-0.25, -0.2) is 4.79 Å². The molecule has 0 bridgehead atoms. The van der Waals surface area contributed by atoms with Crippen molar-refractivity contribution in [1.82, 2.24) is 5.32 Å². The van der Waals surface area contributed by atoms with Gasteiger partial charge in [0.2, 0.25) is 0 Å². The molecule has 0 aliphatic heterocycles. The highest BCUT2D eigenvalue weighted by Gasteiger charge is 2.41. The highest BCUT2D eigenvalue weighted by Crippen LogP contribution is 2.42. The predicted molar refractivity (Wildman–Crippen MR) is 79.0 cm³/mol. The zero-order chi connectivity index (χ0) is 14.1. The first kappa shape index (κ1) is 14.4. The number of halogens is 1. The van der Waals surface area contributed by atoms with Crippen LogP contribution in [0.1, 0.15) is 45.6 Å². The third-order valence-corrected chi connectivity index (χ3v) is 3.82. The van der Waals surface area contributed by atoms with Gasteiger partial charge >= 0.3 is 6.09 Å². The van der Waals surface area contributed by atoms with Gasteiger partial charge in [0, 0.05) is 4.47 Å². The fourth-order valence-corrected chi connectivity index (χ4v) is 2.70. The minimum absolute atomic E-state index is 0.258. The van der Waals surface area contributed by atoms with Crippen LogP contribution in [-0.4, -0.2) is 11.7 Å². The van der Waals surface area contributed by atoms with E-state index >= 15 is 0 Å². The summed E-state index contributed by atoms with van der Waals surface area (Å²) in [5.74, 6) is 0. The molecule has 2 rings (SSSR count). The molecule has 1 aliphatic carbocycles. The van der Waals surface area contributed by atoms with E-state index in [4.69, 9.17) is 4.74 Å². The van der Waals surface area contributed by atoms with Crippen LogP contribution < -0.4 is 5.32 Å². The van der Waals surface area contributed by atoms with Crippen LogP contribution in [0.5, 0.6) is 0 Å². The Balaban J connectivity index is 2.13. The fraction of sp³-hybridized carbons (Fsp3) is 0.533. The normalized spacial score (nSPS) is 17.5. The maximum absolute atomic E-state index is 12.0. The molecule has 0 saturated heterocycles. The third-order valence-electron chi connectivity index (χ3n) is 3.32. The Morgan fingerprint density at radius 1 is 1.37 bits per heavy atom. The standard InChI is InChI=1S/C15H20BrNO2/c1-14(2,3)19-13(18)17-15(8-5-9-15)11-6-4-7-12(16)10-11/h4,6-7,10H,5,8-9H2,1-3H3,(H,17,18). The number of rotatable bonds is 2. The fourth-order valence-electron chi connectivity index (χ4n) is 2.30. The summed E-state index contributed by atoms with van der Waals surface area (Å²) in [4.78, 5) is 12.0. The molecule has 19 heavy (non-hydrogen) atoms. The van der Waals surface area contributed by atoms with Crippen molar-refractivity contribution < 1.29 is 9.53 Å². The first-order chi connectivity index (χ1) is 8.81. The molecule has 0 heterocycles. The van der Waals surface area contributed by atoms with Gasteiger partial charge in [0.05, 0.1) is 5.54 Å². The van der Waals surface area contributed by atoms with Crippen molar-refractivity contribution in [3.63, 3.8) is 0 Å². The van der Waals surface area contributed by atoms with Gasteiger partial charge in [0.1, 0.15) is 5.60 Å². The van der Waals surface area contributed by atoms with Gasteiger partial charge < -0.3 is 10.1 Å². The van der Waals surface area contributed by atoms with Crippen molar-refractivity contribution in [3.8, 4) is 0 Å². The number of alkyl carbamates (subject to hydrolysis) is 1.